The van der Waals surface area contributed by atoms with Crippen molar-refractivity contribution in [1.29, 1.82) is 0 Å². The third-order valence-electron chi connectivity index (χ3n) is 18.2. The van der Waals surface area contributed by atoms with Crippen LogP contribution in [0.3, 0.4) is 0 Å². The van der Waals surface area contributed by atoms with Crippen LogP contribution in [0.1, 0.15) is 143 Å². The minimum Gasteiger partial charge on any atom is -0.481 e. The van der Waals surface area contributed by atoms with Gasteiger partial charge in [-0.1, -0.05) is 84.4 Å². The summed E-state index contributed by atoms with van der Waals surface area (Å²) in [6, 6.07) is -16.6. The van der Waals surface area contributed by atoms with Gasteiger partial charge in [-0.05, 0) is 56.6 Å². The van der Waals surface area contributed by atoms with Gasteiger partial charge >= 0.3 is 29.8 Å². The van der Waals surface area contributed by atoms with Crippen molar-refractivity contribution in [2.45, 2.75) is 229 Å². The molecular formula is C71H105N17O28. The highest BCUT2D eigenvalue weighted by atomic mass is 16.5. The number of unbranched alkanes of at least 4 members (excludes halogenated alkanes) is 4. The third kappa shape index (κ3) is 32.9. The summed E-state index contributed by atoms with van der Waals surface area (Å²) in [5.41, 5.74) is 17.4. The maximum atomic E-state index is 15.0. The van der Waals surface area contributed by atoms with Crippen molar-refractivity contribution in [2.75, 3.05) is 27.2 Å². The second-order valence-electron chi connectivity index (χ2n) is 28.1. The number of nitrogens with one attached hydrogen (secondary N) is 13. The van der Waals surface area contributed by atoms with Gasteiger partial charge in [0.05, 0.1) is 32.4 Å². The molecule has 0 saturated carbocycles. The number of carboxylic acid groups (broad SMARTS) is 4. The predicted octanol–water partition coefficient (Wildman–Crippen LogP) is -7.08. The molecule has 1 aromatic carbocycles. The van der Waals surface area contributed by atoms with E-state index in [1.165, 1.54) is 13.8 Å². The fraction of sp³-hybridized carbons (Fsp3) is 0.592. The van der Waals surface area contributed by atoms with Crippen molar-refractivity contribution in [1.82, 2.24) is 73.7 Å². The van der Waals surface area contributed by atoms with Crippen LogP contribution >= 0.6 is 0 Å². The molecule has 1 fully saturated rings. The lowest BCUT2D eigenvalue weighted by Gasteiger charge is -2.32. The number of esters is 1. The van der Waals surface area contributed by atoms with E-state index in [1.807, 2.05) is 31.9 Å². The van der Waals surface area contributed by atoms with E-state index >= 15 is 0 Å². The highest BCUT2D eigenvalue weighted by Crippen LogP contribution is 2.21. The summed E-state index contributed by atoms with van der Waals surface area (Å²) in [5, 5.41) is 76.9. The van der Waals surface area contributed by atoms with Crippen molar-refractivity contribution in [3.05, 3.63) is 36.0 Å². The number of carbonyl (C=O) groups is 21. The summed E-state index contributed by atoms with van der Waals surface area (Å²) in [6.07, 6.45) is -8.29. The van der Waals surface area contributed by atoms with Crippen LogP contribution < -0.4 is 81.0 Å². The van der Waals surface area contributed by atoms with Gasteiger partial charge in [0.15, 0.2) is 12.2 Å². The summed E-state index contributed by atoms with van der Waals surface area (Å²) < 4.78 is 10.6. The van der Waals surface area contributed by atoms with Crippen LogP contribution in [0.5, 0.6) is 0 Å². The van der Waals surface area contributed by atoms with E-state index in [1.54, 1.807) is 30.5 Å². The van der Waals surface area contributed by atoms with E-state index in [4.69, 9.17) is 26.7 Å². The number of rotatable bonds is 36. The van der Waals surface area contributed by atoms with E-state index < -0.39 is 273 Å². The average molecular weight is 1640 g/mol. The minimum absolute atomic E-state index is 0.0330. The second kappa shape index (κ2) is 47.9. The number of hydrogen-bond acceptors (Lipinski definition) is 24. The highest BCUT2D eigenvalue weighted by molar-refractivity contribution is 6.03. The number of aromatic amines is 1. The van der Waals surface area contributed by atoms with E-state index in [9.17, 15) is 126 Å². The molecule has 1 aliphatic rings. The number of benzene rings is 1. The van der Waals surface area contributed by atoms with Gasteiger partial charge in [0.25, 0.3) is 0 Å². The lowest BCUT2D eigenvalue weighted by molar-refractivity contribution is -0.159. The normalized spacial score (nSPS) is 21.8. The van der Waals surface area contributed by atoms with E-state index in [-0.39, 0.29) is 19.3 Å². The number of methoxy groups -OCH3 is 1. The monoisotopic (exact) mass is 1640 g/mol. The van der Waals surface area contributed by atoms with Crippen molar-refractivity contribution < 1.29 is 136 Å². The van der Waals surface area contributed by atoms with E-state index in [0.717, 1.165) is 53.7 Å². The molecule has 1 aromatic heterocycles. The Kier molecular flexibility index (Phi) is 40.4. The zero-order chi connectivity index (χ0) is 87.5. The first-order valence-corrected chi connectivity index (χ1v) is 36.9. The molecule has 0 aliphatic carbocycles. The number of cyclic esters (lactones) is 1. The Hall–Kier alpha value is -12.5. The Morgan fingerprint density at radius 3 is 1.73 bits per heavy atom. The maximum Gasteiger partial charge on any atom is 0.335 e. The summed E-state index contributed by atoms with van der Waals surface area (Å²) in [4.78, 5) is 288. The van der Waals surface area contributed by atoms with Crippen LogP contribution in [-0.2, 0) is 117 Å². The quantitative estimate of drug-likeness (QED) is 0.0223. The fourth-order valence-corrected chi connectivity index (χ4v) is 11.7. The summed E-state index contributed by atoms with van der Waals surface area (Å²) >= 11 is 0. The number of aliphatic carboxylic acids is 4. The number of aliphatic hydroxyl groups is 1. The number of H-pyrrole nitrogens is 1. The molecule has 642 valence electrons. The second-order valence-corrected chi connectivity index (χ2v) is 28.1. The Labute approximate surface area is 663 Å². The molecule has 1 saturated heterocycles. The van der Waals surface area contributed by atoms with E-state index in [0.29, 0.717) is 40.1 Å². The largest absolute Gasteiger partial charge is 0.481 e. The molecule has 1 aliphatic heterocycles. The number of carbonyl (C=O) groups excluding carboxylic acids is 17. The van der Waals surface area contributed by atoms with Crippen LogP contribution in [0, 0.1) is 11.8 Å². The molecule has 116 heavy (non-hydrogen) atoms. The zero-order valence-electron chi connectivity index (χ0n) is 65.2. The number of nitrogens with two attached hydrogens (primary N) is 3. The number of likely N-dealkylation sites (N-methyl/N-ethyl adjacent to an activating group) is 1. The average Bonchev–Trinajstić information content (AvgIpc) is 1.62. The van der Waals surface area contributed by atoms with Gasteiger partial charge in [0.1, 0.15) is 72.6 Å². The number of primary amides is 3. The van der Waals surface area contributed by atoms with Crippen molar-refractivity contribution in [2.24, 2.45) is 29.0 Å². The first kappa shape index (κ1) is 97.7. The SMILES string of the molecule is CC[C@H](C)[C@@H]1NC(=O)[C@H](CCC(=O)O)NC(=O)[C@@H](CC(N)=O)NC(=O)CNC(=O)[C@H]([C@H](OC)C(=O)O)NC(=O)[C@@H](CC(N)=O)NC(=O)[C@H](CC(=O)O)NC(=O)[C@H](C)NC(=O)CN(C)C(=O)[C@@H](NC(=O)[C@@H](NC(=O)[C@@H](CCC(=O)O)NC(=O)[C@H](Cc2c[nH]c3ccccc23)NC(=O)CCCCCCCC(C)C)[C@H](O)C(N)=O)[C@H](C)OC1=O. The molecule has 3 rings (SSSR count). The molecule has 24 N–H and O–H groups in total. The zero-order valence-corrected chi connectivity index (χ0v) is 65.2. The third-order valence-corrected chi connectivity index (χ3v) is 18.2. The number of hydrogen-bond donors (Lipinski definition) is 21. The number of para-hydroxylation sites is 1. The Morgan fingerprint density at radius 2 is 1.16 bits per heavy atom. The number of fused-ring (bicyclic) bond motifs is 1. The van der Waals surface area contributed by atoms with E-state index in [2.05, 4.69) is 50.7 Å². The number of nitrogens with zero attached hydrogens (tertiary/aromatic N) is 1. The maximum absolute atomic E-state index is 15.0. The molecule has 45 heteroatoms. The van der Waals surface area contributed by atoms with Gasteiger partial charge < -0.3 is 126 Å². The standard InChI is InChI=1S/C71H105N17O28/c1-9-33(4)53-71(114)116-35(6)54(85-68(110)55(57(100)59(74)101)86-62(104)40(22-24-51(96)97)80-63(105)41(25-36-29-75-38-19-16-15-18-37(36)38)78-47(91)20-14-12-10-11-13-17-32(2)3)69(111)88(7)31-49(93)77-34(5)60(102)82-44(28-52(98)99)65(107)83-43(27-46(73)90)66(108)87-56(58(115-8)70(112)113)67(109)76-30-48(92)79-42(26-45(72)89)64(106)81-39(61(103)84-53)21-23-50(94)95/h15-16,18-19,29,32-35,39-44,53-58,75,100H,9-14,17,20-28,30-31H2,1-8H3,(H2,72,89)(H2,73,90)(H2,74,101)(H,76,109)(H,77,93)(H,78,91)(H,79,92)(H,80,105)(H,81,106)(H,82,102)(H,83,107)(H,84,103)(H,85,110)(H,86,104)(H,87,108)(H,94,95)(H,96,97)(H,98,99)(H,112,113)/t33-,34-,35-,39-,40+,41-,42+,43+,44-,53-,54-,55-,56-,57-,58-/m0/s1. The topological polar surface area (TPSA) is 720 Å². The van der Waals surface area contributed by atoms with Gasteiger partial charge in [0.2, 0.25) is 94.5 Å². The fourth-order valence-electron chi connectivity index (χ4n) is 11.7. The van der Waals surface area contributed by atoms with Crippen LogP contribution in [0.25, 0.3) is 10.9 Å². The molecule has 2 heterocycles. The number of amides is 16. The molecular weight excluding hydrogens is 1540 g/mol. The molecule has 45 nitrogen and oxygen atoms in total. The lowest BCUT2D eigenvalue weighted by Crippen LogP contribution is -2.64. The molecule has 16 amide bonds. The number of aromatic nitrogens is 1. The molecule has 0 radical (unpaired) electrons. The van der Waals surface area contributed by atoms with Crippen molar-refractivity contribution >= 4 is 135 Å². The first-order chi connectivity index (χ1) is 54.4. The molecule has 0 spiro atoms. The Balaban J connectivity index is 2.27. The van der Waals surface area contributed by atoms with Crippen LogP contribution in [0.2, 0.25) is 0 Å². The predicted molar refractivity (Wildman–Crippen MR) is 399 cm³/mol. The highest BCUT2D eigenvalue weighted by Gasteiger charge is 2.44. The van der Waals surface area contributed by atoms with Gasteiger partial charge in [-0.2, -0.15) is 0 Å². The molecule has 15 atom stereocenters. The summed E-state index contributed by atoms with van der Waals surface area (Å²) in [7, 11) is 1.60. The van der Waals surface area contributed by atoms with Gasteiger partial charge in [-0.15, -0.1) is 0 Å². The summed E-state index contributed by atoms with van der Waals surface area (Å²) in [6.45, 7) is 6.44. The smallest absolute Gasteiger partial charge is 0.335 e. The Morgan fingerprint density at radius 1 is 0.603 bits per heavy atom. The first-order valence-electron chi connectivity index (χ1n) is 36.9. The van der Waals surface area contributed by atoms with Gasteiger partial charge in [-0.3, -0.25) is 91.1 Å². The molecule has 0 unspecified atom stereocenters. The van der Waals surface area contributed by atoms with Crippen LogP contribution in [0.15, 0.2) is 30.5 Å². The summed E-state index contributed by atoms with van der Waals surface area (Å²) in [5.74, 6) is -31.6. The van der Waals surface area contributed by atoms with Gasteiger partial charge in [-0.25, -0.2) is 9.59 Å². The molecule has 0 bridgehead atoms. The number of carboxylic acids is 4. The lowest BCUT2D eigenvalue weighted by atomic mass is 9.98. The van der Waals surface area contributed by atoms with Crippen molar-refractivity contribution in [3.63, 3.8) is 0 Å². The molecule has 2 aromatic rings. The van der Waals surface area contributed by atoms with Crippen LogP contribution in [-0.4, -0.2) is 272 Å². The van der Waals surface area contributed by atoms with Crippen molar-refractivity contribution in [3.8, 4) is 0 Å². The Bertz CT molecular complexity index is 3930. The minimum atomic E-state index is -2.82. The van der Waals surface area contributed by atoms with Gasteiger partial charge in [0, 0.05) is 56.9 Å². The van der Waals surface area contributed by atoms with Crippen LogP contribution in [0.4, 0.5) is 0 Å². The number of aliphatic hydroxyl groups excluding tert-OH is 1. The number of ether oxygens (including phenoxy) is 2.